The molecule has 0 bridgehead atoms. The van der Waals surface area contributed by atoms with Gasteiger partial charge in [0.05, 0.1) is 45.6 Å². The molecule has 7 heteroatoms. The molecule has 0 aliphatic rings. The van der Waals surface area contributed by atoms with Crippen molar-refractivity contribution < 1.29 is 0 Å². The van der Waals surface area contributed by atoms with Gasteiger partial charge >= 0.3 is 0 Å². The molecular formula is C36H23BrN6. The van der Waals surface area contributed by atoms with Gasteiger partial charge in [0.15, 0.2) is 0 Å². The first-order valence-corrected chi connectivity index (χ1v) is 14.5. The van der Waals surface area contributed by atoms with Gasteiger partial charge in [-0.2, -0.15) is 0 Å². The molecule has 0 aliphatic carbocycles. The number of pyridine rings is 6. The van der Waals surface area contributed by atoms with Gasteiger partial charge in [0, 0.05) is 18.6 Å². The molecule has 0 N–H and O–H groups in total. The molecule has 0 aliphatic heterocycles. The Labute approximate surface area is 257 Å². The van der Waals surface area contributed by atoms with E-state index >= 15 is 0 Å². The van der Waals surface area contributed by atoms with E-state index in [0.29, 0.717) is 0 Å². The monoisotopic (exact) mass is 618 g/mol. The fraction of sp³-hybridized carbons (Fsp3) is 0. The highest BCUT2D eigenvalue weighted by molar-refractivity contribution is 9.10. The van der Waals surface area contributed by atoms with Gasteiger partial charge in [-0.25, -0.2) is 15.0 Å². The lowest BCUT2D eigenvalue weighted by Gasteiger charge is -2.12. The summed E-state index contributed by atoms with van der Waals surface area (Å²) in [6, 6.07) is 40.2. The Hall–Kier alpha value is -5.40. The van der Waals surface area contributed by atoms with E-state index in [0.717, 1.165) is 72.4 Å². The fourth-order valence-electron chi connectivity index (χ4n) is 4.87. The third-order valence-corrected chi connectivity index (χ3v) is 7.40. The number of nitrogens with zero attached hydrogens (tertiary/aromatic N) is 6. The van der Waals surface area contributed by atoms with Gasteiger partial charge < -0.3 is 0 Å². The van der Waals surface area contributed by atoms with Crippen molar-refractivity contribution in [2.24, 2.45) is 0 Å². The summed E-state index contributed by atoms with van der Waals surface area (Å²) in [7, 11) is 0. The summed E-state index contributed by atoms with van der Waals surface area (Å²) < 4.78 is 0.758. The third kappa shape index (κ3) is 5.84. The van der Waals surface area contributed by atoms with Crippen LogP contribution in [0, 0.1) is 0 Å². The maximum atomic E-state index is 4.92. The van der Waals surface area contributed by atoms with Crippen molar-refractivity contribution in [3.8, 4) is 67.8 Å². The van der Waals surface area contributed by atoms with Crippen molar-refractivity contribution >= 4 is 15.9 Å². The summed E-state index contributed by atoms with van der Waals surface area (Å²) >= 11 is 3.49. The van der Waals surface area contributed by atoms with Gasteiger partial charge in [-0.15, -0.1) is 0 Å². The first-order valence-electron chi connectivity index (χ1n) is 13.7. The third-order valence-electron chi connectivity index (χ3n) is 6.96. The van der Waals surface area contributed by atoms with Crippen LogP contribution >= 0.6 is 15.9 Å². The minimum absolute atomic E-state index is 0.758. The standard InChI is InChI=1S/C36H23BrN6/c37-36-12-7-11-31(43-36)35-23-27(22-34(42-35)30-10-3-6-19-40-30)25-15-13-24(14-16-25)26-20-32(28-8-1-4-17-38-28)41-33(21-26)29-9-2-5-18-39-29/h1-23H. The van der Waals surface area contributed by atoms with E-state index < -0.39 is 0 Å². The minimum atomic E-state index is 0.758. The van der Waals surface area contributed by atoms with Crippen molar-refractivity contribution in [1.82, 2.24) is 29.9 Å². The van der Waals surface area contributed by atoms with E-state index in [1.807, 2.05) is 72.8 Å². The summed E-state index contributed by atoms with van der Waals surface area (Å²) in [6.45, 7) is 0. The Balaban J connectivity index is 1.31. The average Bonchev–Trinajstić information content (AvgIpc) is 3.09. The van der Waals surface area contributed by atoms with Crippen molar-refractivity contribution in [2.75, 3.05) is 0 Å². The van der Waals surface area contributed by atoms with Gasteiger partial charge in [-0.05, 0) is 111 Å². The summed E-state index contributed by atoms with van der Waals surface area (Å²) in [5, 5.41) is 0. The molecule has 0 amide bonds. The predicted octanol–water partition coefficient (Wildman–Crippen LogP) is 8.82. The molecule has 0 saturated heterocycles. The normalized spacial score (nSPS) is 10.9. The van der Waals surface area contributed by atoms with Gasteiger partial charge in [0.25, 0.3) is 0 Å². The van der Waals surface area contributed by atoms with Crippen molar-refractivity contribution in [1.29, 1.82) is 0 Å². The molecule has 7 rings (SSSR count). The molecule has 1 aromatic carbocycles. The number of hydrogen-bond acceptors (Lipinski definition) is 6. The molecule has 0 unspecified atom stereocenters. The van der Waals surface area contributed by atoms with Crippen LogP contribution in [0.25, 0.3) is 67.8 Å². The van der Waals surface area contributed by atoms with Crippen LogP contribution in [0.4, 0.5) is 0 Å². The molecule has 0 atom stereocenters. The largest absolute Gasteiger partial charge is 0.255 e. The summed E-state index contributed by atoms with van der Waals surface area (Å²) in [5.74, 6) is 0. The maximum Gasteiger partial charge on any atom is 0.106 e. The Morgan fingerprint density at radius 3 is 1.09 bits per heavy atom. The summed E-state index contributed by atoms with van der Waals surface area (Å²) in [4.78, 5) is 28.1. The van der Waals surface area contributed by atoms with Crippen LogP contribution in [0.2, 0.25) is 0 Å². The van der Waals surface area contributed by atoms with Gasteiger partial charge in [-0.3, -0.25) is 15.0 Å². The van der Waals surface area contributed by atoms with Crippen LogP contribution in [0.1, 0.15) is 0 Å². The van der Waals surface area contributed by atoms with E-state index in [9.17, 15) is 0 Å². The quantitative estimate of drug-likeness (QED) is 0.173. The van der Waals surface area contributed by atoms with Crippen LogP contribution in [-0.2, 0) is 0 Å². The van der Waals surface area contributed by atoms with E-state index in [1.165, 1.54) is 0 Å². The second-order valence-corrected chi connectivity index (χ2v) is 10.6. The molecule has 0 saturated carbocycles. The number of hydrogen-bond donors (Lipinski definition) is 0. The lowest BCUT2D eigenvalue weighted by atomic mass is 9.98. The highest BCUT2D eigenvalue weighted by Gasteiger charge is 2.13. The molecule has 43 heavy (non-hydrogen) atoms. The van der Waals surface area contributed by atoms with E-state index in [-0.39, 0.29) is 0 Å². The second-order valence-electron chi connectivity index (χ2n) is 9.82. The molecule has 0 radical (unpaired) electrons. The Morgan fingerprint density at radius 1 is 0.326 bits per heavy atom. The van der Waals surface area contributed by atoms with Crippen LogP contribution in [0.3, 0.4) is 0 Å². The molecule has 0 fully saturated rings. The first-order chi connectivity index (χ1) is 21.2. The average molecular weight is 620 g/mol. The Kier molecular flexibility index (Phi) is 7.29. The topological polar surface area (TPSA) is 77.3 Å². The first kappa shape index (κ1) is 26.5. The molecule has 6 nitrogen and oxygen atoms in total. The van der Waals surface area contributed by atoms with Gasteiger partial charge in [0.2, 0.25) is 0 Å². The smallest absolute Gasteiger partial charge is 0.106 e. The van der Waals surface area contributed by atoms with Gasteiger partial charge in [-0.1, -0.05) is 48.5 Å². The number of rotatable bonds is 6. The van der Waals surface area contributed by atoms with E-state index in [2.05, 4.69) is 84.4 Å². The highest BCUT2D eigenvalue weighted by atomic mass is 79.9. The second kappa shape index (κ2) is 11.8. The maximum absolute atomic E-state index is 4.92. The molecule has 7 aromatic rings. The molecule has 204 valence electrons. The van der Waals surface area contributed by atoms with Crippen LogP contribution in [0.5, 0.6) is 0 Å². The Bertz CT molecular complexity index is 1960. The van der Waals surface area contributed by atoms with E-state index in [1.54, 1.807) is 18.6 Å². The zero-order valence-corrected chi connectivity index (χ0v) is 24.4. The lowest BCUT2D eigenvalue weighted by Crippen LogP contribution is -1.95. The number of benzene rings is 1. The summed E-state index contributed by atoms with van der Waals surface area (Å²) in [6.07, 6.45) is 5.35. The van der Waals surface area contributed by atoms with Crippen LogP contribution in [-0.4, -0.2) is 29.9 Å². The molecule has 6 heterocycles. The zero-order valence-electron chi connectivity index (χ0n) is 22.8. The summed E-state index contributed by atoms with van der Waals surface area (Å²) in [5.41, 5.74) is 10.5. The lowest BCUT2D eigenvalue weighted by molar-refractivity contribution is 1.20. The van der Waals surface area contributed by atoms with Crippen molar-refractivity contribution in [2.45, 2.75) is 0 Å². The Morgan fingerprint density at radius 2 is 0.721 bits per heavy atom. The zero-order chi connectivity index (χ0) is 29.0. The van der Waals surface area contributed by atoms with E-state index in [4.69, 9.17) is 9.97 Å². The molecule has 6 aromatic heterocycles. The number of halogens is 1. The molecule has 0 spiro atoms. The van der Waals surface area contributed by atoms with Crippen molar-refractivity contribution in [3.63, 3.8) is 0 Å². The fourth-order valence-corrected chi connectivity index (χ4v) is 5.21. The predicted molar refractivity (Wildman–Crippen MR) is 174 cm³/mol. The minimum Gasteiger partial charge on any atom is -0.255 e. The highest BCUT2D eigenvalue weighted by Crippen LogP contribution is 2.33. The number of aromatic nitrogens is 6. The van der Waals surface area contributed by atoms with Gasteiger partial charge in [0.1, 0.15) is 4.60 Å². The molecular weight excluding hydrogens is 596 g/mol. The SMILES string of the molecule is Brc1cccc(-c2cc(-c3ccc(-c4cc(-c5ccccn5)nc(-c5ccccn5)c4)cc3)cc(-c3ccccn3)n2)n1. The van der Waals surface area contributed by atoms with Crippen molar-refractivity contribution in [3.05, 3.63) is 145 Å². The van der Waals surface area contributed by atoms with Crippen LogP contribution in [0.15, 0.2) is 145 Å². The van der Waals surface area contributed by atoms with Crippen LogP contribution < -0.4 is 0 Å².